The second kappa shape index (κ2) is 5.14. The summed E-state index contributed by atoms with van der Waals surface area (Å²) in [5, 5.41) is 15.7. The third-order valence-electron chi connectivity index (χ3n) is 2.27. The molecule has 96 valence electrons. The van der Waals surface area contributed by atoms with Crippen molar-refractivity contribution in [2.24, 2.45) is 7.05 Å². The predicted octanol–water partition coefficient (Wildman–Crippen LogP) is 0.947. The van der Waals surface area contributed by atoms with Gasteiger partial charge in [-0.2, -0.15) is 4.98 Å². The first-order chi connectivity index (χ1) is 9.33. The predicted molar refractivity (Wildman–Crippen MR) is 65.9 cm³/mol. The van der Waals surface area contributed by atoms with Gasteiger partial charge in [0.2, 0.25) is 16.9 Å². The summed E-state index contributed by atoms with van der Waals surface area (Å²) in [4.78, 5) is 8.43. The Morgan fingerprint density at radius 1 is 1.37 bits per heavy atom. The SMILES string of the molecule is Cn1nnnc1SCc1nc(-c2ccccn2)no1. The second-order valence-corrected chi connectivity index (χ2v) is 4.54. The van der Waals surface area contributed by atoms with Crippen LogP contribution >= 0.6 is 11.8 Å². The lowest BCUT2D eigenvalue weighted by Gasteiger charge is -1.93. The number of thioether (sulfide) groups is 1. The summed E-state index contributed by atoms with van der Waals surface area (Å²) in [5.74, 6) is 1.49. The molecule has 8 nitrogen and oxygen atoms in total. The van der Waals surface area contributed by atoms with Crippen molar-refractivity contribution in [2.45, 2.75) is 10.9 Å². The molecule has 3 aromatic rings. The molecule has 0 saturated heterocycles. The average Bonchev–Trinajstić information content (AvgIpc) is 3.06. The van der Waals surface area contributed by atoms with Gasteiger partial charge in [-0.1, -0.05) is 23.0 Å². The molecule has 0 saturated carbocycles. The van der Waals surface area contributed by atoms with Crippen molar-refractivity contribution >= 4 is 11.8 Å². The zero-order chi connectivity index (χ0) is 13.1. The molecule has 0 aliphatic rings. The van der Waals surface area contributed by atoms with Crippen LogP contribution < -0.4 is 0 Å². The third kappa shape index (κ3) is 2.60. The Hall–Kier alpha value is -2.29. The molecule has 0 N–H and O–H groups in total. The summed E-state index contributed by atoms with van der Waals surface area (Å²) in [6.07, 6.45) is 1.69. The van der Waals surface area contributed by atoms with Gasteiger partial charge in [-0.05, 0) is 22.6 Å². The van der Waals surface area contributed by atoms with Gasteiger partial charge >= 0.3 is 0 Å². The van der Waals surface area contributed by atoms with Crippen LogP contribution in [-0.2, 0) is 12.8 Å². The van der Waals surface area contributed by atoms with E-state index in [0.29, 0.717) is 28.3 Å². The lowest BCUT2D eigenvalue weighted by Crippen LogP contribution is -1.93. The standard InChI is InChI=1S/C10H9N7OS/c1-17-10(13-15-16-17)19-6-8-12-9(14-18-8)7-4-2-3-5-11-7/h2-5H,6H2,1H3. The van der Waals surface area contributed by atoms with Crippen molar-refractivity contribution in [1.29, 1.82) is 0 Å². The molecular weight excluding hydrogens is 266 g/mol. The van der Waals surface area contributed by atoms with Crippen molar-refractivity contribution in [1.82, 2.24) is 35.3 Å². The highest BCUT2D eigenvalue weighted by molar-refractivity contribution is 7.98. The summed E-state index contributed by atoms with van der Waals surface area (Å²) >= 11 is 1.43. The van der Waals surface area contributed by atoms with E-state index in [4.69, 9.17) is 4.52 Å². The number of tetrazole rings is 1. The van der Waals surface area contributed by atoms with Crippen LogP contribution in [0.15, 0.2) is 34.1 Å². The number of nitrogens with zero attached hydrogens (tertiary/aromatic N) is 7. The van der Waals surface area contributed by atoms with Crippen LogP contribution in [0.3, 0.4) is 0 Å². The van der Waals surface area contributed by atoms with Crippen molar-refractivity contribution in [3.8, 4) is 11.5 Å². The maximum atomic E-state index is 5.16. The topological polar surface area (TPSA) is 95.4 Å². The minimum absolute atomic E-state index is 0.479. The molecule has 0 aromatic carbocycles. The van der Waals surface area contributed by atoms with Crippen molar-refractivity contribution in [3.63, 3.8) is 0 Å². The maximum Gasteiger partial charge on any atom is 0.237 e. The Morgan fingerprint density at radius 3 is 3.05 bits per heavy atom. The van der Waals surface area contributed by atoms with Crippen LogP contribution in [-0.4, -0.2) is 35.3 Å². The number of aromatic nitrogens is 7. The minimum atomic E-state index is 0.479. The van der Waals surface area contributed by atoms with E-state index in [1.165, 1.54) is 11.8 Å². The molecule has 0 atom stereocenters. The third-order valence-corrected chi connectivity index (χ3v) is 3.26. The average molecular weight is 275 g/mol. The molecule has 3 heterocycles. The Morgan fingerprint density at radius 2 is 2.32 bits per heavy atom. The normalized spacial score (nSPS) is 10.8. The first-order valence-corrected chi connectivity index (χ1v) is 6.40. The second-order valence-electron chi connectivity index (χ2n) is 3.60. The molecule has 0 bridgehead atoms. The van der Waals surface area contributed by atoms with Gasteiger partial charge in [0.15, 0.2) is 0 Å². The molecule has 9 heteroatoms. The van der Waals surface area contributed by atoms with Gasteiger partial charge < -0.3 is 4.52 Å². The van der Waals surface area contributed by atoms with E-state index >= 15 is 0 Å². The first kappa shape index (κ1) is 11.8. The van der Waals surface area contributed by atoms with Crippen LogP contribution in [0, 0.1) is 0 Å². The van der Waals surface area contributed by atoms with Crippen molar-refractivity contribution in [3.05, 3.63) is 30.3 Å². The van der Waals surface area contributed by atoms with Crippen LogP contribution in [0.1, 0.15) is 5.89 Å². The lowest BCUT2D eigenvalue weighted by molar-refractivity contribution is 0.391. The Kier molecular flexibility index (Phi) is 3.19. The molecule has 0 spiro atoms. The Bertz CT molecular complexity index is 665. The van der Waals surface area contributed by atoms with Gasteiger partial charge in [-0.15, -0.1) is 5.10 Å². The van der Waals surface area contributed by atoms with Crippen molar-refractivity contribution in [2.75, 3.05) is 0 Å². The molecule has 0 amide bonds. The zero-order valence-electron chi connectivity index (χ0n) is 9.96. The summed E-state index contributed by atoms with van der Waals surface area (Å²) in [6, 6.07) is 5.54. The molecule has 0 aliphatic carbocycles. The fraction of sp³-hybridized carbons (Fsp3) is 0.200. The monoisotopic (exact) mass is 275 g/mol. The Balaban J connectivity index is 1.70. The highest BCUT2D eigenvalue weighted by atomic mass is 32.2. The highest BCUT2D eigenvalue weighted by Gasteiger charge is 2.11. The summed E-state index contributed by atoms with van der Waals surface area (Å²) in [6.45, 7) is 0. The van der Waals surface area contributed by atoms with Gasteiger partial charge in [-0.25, -0.2) is 4.68 Å². The van der Waals surface area contributed by atoms with E-state index in [9.17, 15) is 0 Å². The summed E-state index contributed by atoms with van der Waals surface area (Å²) in [5.41, 5.74) is 0.683. The van der Waals surface area contributed by atoms with Gasteiger partial charge in [0.05, 0.1) is 5.75 Å². The lowest BCUT2D eigenvalue weighted by atomic mass is 10.3. The molecule has 0 aliphatic heterocycles. The number of hydrogen-bond donors (Lipinski definition) is 0. The number of aryl methyl sites for hydroxylation is 1. The van der Waals surface area contributed by atoms with Gasteiger partial charge in [0, 0.05) is 13.2 Å². The first-order valence-electron chi connectivity index (χ1n) is 5.42. The van der Waals surface area contributed by atoms with Crippen LogP contribution in [0.5, 0.6) is 0 Å². The quantitative estimate of drug-likeness (QED) is 0.649. The highest BCUT2D eigenvalue weighted by Crippen LogP contribution is 2.20. The van der Waals surface area contributed by atoms with E-state index in [2.05, 4.69) is 30.7 Å². The van der Waals surface area contributed by atoms with E-state index in [1.807, 2.05) is 18.2 Å². The number of hydrogen-bond acceptors (Lipinski definition) is 8. The van der Waals surface area contributed by atoms with Crippen LogP contribution in [0.4, 0.5) is 0 Å². The Labute approximate surface area is 112 Å². The number of rotatable bonds is 4. The van der Waals surface area contributed by atoms with Crippen LogP contribution in [0.2, 0.25) is 0 Å². The van der Waals surface area contributed by atoms with Gasteiger partial charge in [-0.3, -0.25) is 4.98 Å². The van der Waals surface area contributed by atoms with Crippen molar-refractivity contribution < 1.29 is 4.52 Å². The van der Waals surface area contributed by atoms with E-state index in [0.717, 1.165) is 0 Å². The smallest absolute Gasteiger partial charge is 0.237 e. The molecule has 0 unspecified atom stereocenters. The number of pyridine rings is 1. The molecule has 0 radical (unpaired) electrons. The summed E-state index contributed by atoms with van der Waals surface area (Å²) in [7, 11) is 1.77. The van der Waals surface area contributed by atoms with Crippen LogP contribution in [0.25, 0.3) is 11.5 Å². The molecule has 3 aromatic heterocycles. The zero-order valence-corrected chi connectivity index (χ0v) is 10.8. The molecular formula is C10H9N7OS. The van der Waals surface area contributed by atoms with Gasteiger partial charge in [0.25, 0.3) is 0 Å². The van der Waals surface area contributed by atoms with E-state index in [1.54, 1.807) is 17.9 Å². The van der Waals surface area contributed by atoms with E-state index < -0.39 is 0 Å². The fourth-order valence-electron chi connectivity index (χ4n) is 1.38. The summed E-state index contributed by atoms with van der Waals surface area (Å²) < 4.78 is 6.74. The minimum Gasteiger partial charge on any atom is -0.338 e. The van der Waals surface area contributed by atoms with Gasteiger partial charge in [0.1, 0.15) is 5.69 Å². The largest absolute Gasteiger partial charge is 0.338 e. The fourth-order valence-corrected chi connectivity index (χ4v) is 2.07. The maximum absolute atomic E-state index is 5.16. The van der Waals surface area contributed by atoms with E-state index in [-0.39, 0.29) is 0 Å². The molecule has 19 heavy (non-hydrogen) atoms. The molecule has 3 rings (SSSR count). The molecule has 0 fully saturated rings.